The molecule has 33 heavy (non-hydrogen) atoms. The first-order valence-electron chi connectivity index (χ1n) is 10.4. The van der Waals surface area contributed by atoms with Crippen LogP contribution in [0.4, 0.5) is 11.4 Å². The standard InChI is InChI=1S/C24H25N3O5S/c1-19-7-5-8-20(17-19)9-6-16-25-24(28)18-26(21-12-14-22(15-13-21)27(29)30)33(31,32)23-10-3-2-4-11-23/h2-5,7-8,10-15,17H,6,9,16,18H2,1H3,(H,25,28). The van der Waals surface area contributed by atoms with Crippen LogP contribution in [-0.4, -0.2) is 32.3 Å². The molecule has 3 aromatic rings. The molecule has 1 N–H and O–H groups in total. The van der Waals surface area contributed by atoms with Crippen LogP contribution < -0.4 is 9.62 Å². The van der Waals surface area contributed by atoms with Gasteiger partial charge in [0.25, 0.3) is 15.7 Å². The summed E-state index contributed by atoms with van der Waals surface area (Å²) >= 11 is 0. The van der Waals surface area contributed by atoms with Gasteiger partial charge in [0.2, 0.25) is 5.91 Å². The van der Waals surface area contributed by atoms with E-state index >= 15 is 0 Å². The maximum Gasteiger partial charge on any atom is 0.269 e. The van der Waals surface area contributed by atoms with Crippen molar-refractivity contribution in [3.8, 4) is 0 Å². The lowest BCUT2D eigenvalue weighted by molar-refractivity contribution is -0.384. The monoisotopic (exact) mass is 467 g/mol. The summed E-state index contributed by atoms with van der Waals surface area (Å²) < 4.78 is 27.5. The average Bonchev–Trinajstić information content (AvgIpc) is 2.81. The molecule has 0 bridgehead atoms. The molecule has 0 aliphatic rings. The third-order valence-corrected chi connectivity index (χ3v) is 6.80. The zero-order chi connectivity index (χ0) is 23.8. The van der Waals surface area contributed by atoms with Crippen LogP contribution in [0.1, 0.15) is 17.5 Å². The van der Waals surface area contributed by atoms with Gasteiger partial charge in [-0.25, -0.2) is 8.42 Å². The number of nitro benzene ring substituents is 1. The number of sulfonamides is 1. The number of anilines is 1. The number of aryl methyl sites for hydroxylation is 2. The Morgan fingerprint density at radius 2 is 1.70 bits per heavy atom. The van der Waals surface area contributed by atoms with E-state index in [1.165, 1.54) is 47.5 Å². The summed E-state index contributed by atoms with van der Waals surface area (Å²) in [6.45, 7) is 1.97. The number of carbonyl (C=O) groups is 1. The second kappa shape index (κ2) is 10.7. The maximum atomic E-state index is 13.2. The molecule has 0 radical (unpaired) electrons. The molecule has 0 atom stereocenters. The van der Waals surface area contributed by atoms with Gasteiger partial charge in [0.1, 0.15) is 6.54 Å². The third-order valence-electron chi connectivity index (χ3n) is 5.01. The van der Waals surface area contributed by atoms with E-state index in [-0.39, 0.29) is 16.3 Å². The average molecular weight is 468 g/mol. The molecule has 0 spiro atoms. The Morgan fingerprint density at radius 3 is 2.33 bits per heavy atom. The molecular formula is C24H25N3O5S. The number of carbonyl (C=O) groups excluding carboxylic acids is 1. The molecule has 3 rings (SSSR count). The van der Waals surface area contributed by atoms with Crippen molar-refractivity contribution in [3.63, 3.8) is 0 Å². The predicted molar refractivity (Wildman–Crippen MR) is 127 cm³/mol. The molecular weight excluding hydrogens is 442 g/mol. The molecule has 9 heteroatoms. The zero-order valence-electron chi connectivity index (χ0n) is 18.2. The van der Waals surface area contributed by atoms with Gasteiger partial charge in [-0.15, -0.1) is 0 Å². The van der Waals surface area contributed by atoms with Crippen LogP contribution in [-0.2, 0) is 21.2 Å². The highest BCUT2D eigenvalue weighted by Crippen LogP contribution is 2.25. The molecule has 8 nitrogen and oxygen atoms in total. The number of nitro groups is 1. The van der Waals surface area contributed by atoms with Crippen molar-refractivity contribution in [1.82, 2.24) is 5.32 Å². The maximum absolute atomic E-state index is 13.2. The van der Waals surface area contributed by atoms with Gasteiger partial charge in [0.05, 0.1) is 15.5 Å². The van der Waals surface area contributed by atoms with Crippen molar-refractivity contribution < 1.29 is 18.1 Å². The molecule has 3 aromatic carbocycles. The quantitative estimate of drug-likeness (QED) is 0.277. The number of rotatable bonds is 10. The topological polar surface area (TPSA) is 110 Å². The van der Waals surface area contributed by atoms with Crippen molar-refractivity contribution in [2.24, 2.45) is 0 Å². The second-order valence-electron chi connectivity index (χ2n) is 7.54. The van der Waals surface area contributed by atoms with Crippen molar-refractivity contribution in [2.45, 2.75) is 24.7 Å². The Hall–Kier alpha value is -3.72. The van der Waals surface area contributed by atoms with E-state index in [0.717, 1.165) is 10.7 Å². The molecule has 0 aliphatic heterocycles. The summed E-state index contributed by atoms with van der Waals surface area (Å²) in [6, 6.07) is 20.9. The van der Waals surface area contributed by atoms with Crippen molar-refractivity contribution in [2.75, 3.05) is 17.4 Å². The number of benzene rings is 3. The molecule has 0 heterocycles. The summed E-state index contributed by atoms with van der Waals surface area (Å²) in [5.74, 6) is -0.461. The van der Waals surface area contributed by atoms with Gasteiger partial charge < -0.3 is 5.32 Å². The number of nitrogens with zero attached hydrogens (tertiary/aromatic N) is 2. The number of amides is 1. The Kier molecular flexibility index (Phi) is 7.78. The number of hydrogen-bond donors (Lipinski definition) is 1. The van der Waals surface area contributed by atoms with Crippen LogP contribution in [0, 0.1) is 17.0 Å². The Balaban J connectivity index is 1.72. The van der Waals surface area contributed by atoms with Gasteiger partial charge in [-0.05, 0) is 49.6 Å². The second-order valence-corrected chi connectivity index (χ2v) is 9.40. The van der Waals surface area contributed by atoms with Crippen LogP contribution >= 0.6 is 0 Å². The van der Waals surface area contributed by atoms with E-state index in [9.17, 15) is 23.3 Å². The molecule has 0 fully saturated rings. The minimum absolute atomic E-state index is 0.0237. The van der Waals surface area contributed by atoms with E-state index < -0.39 is 27.4 Å². The summed E-state index contributed by atoms with van der Waals surface area (Å²) in [7, 11) is -4.06. The van der Waals surface area contributed by atoms with Crippen molar-refractivity contribution in [3.05, 3.63) is 100 Å². The van der Waals surface area contributed by atoms with E-state index in [4.69, 9.17) is 0 Å². The first-order chi connectivity index (χ1) is 15.8. The number of non-ortho nitro benzene ring substituents is 1. The minimum atomic E-state index is -4.06. The number of hydrogen-bond acceptors (Lipinski definition) is 5. The largest absolute Gasteiger partial charge is 0.355 e. The van der Waals surface area contributed by atoms with Gasteiger partial charge in [0.15, 0.2) is 0 Å². The van der Waals surface area contributed by atoms with E-state index in [1.54, 1.807) is 18.2 Å². The van der Waals surface area contributed by atoms with Crippen molar-refractivity contribution in [1.29, 1.82) is 0 Å². The fraction of sp³-hybridized carbons (Fsp3) is 0.208. The van der Waals surface area contributed by atoms with Crippen LogP contribution in [0.25, 0.3) is 0 Å². The minimum Gasteiger partial charge on any atom is -0.355 e. The highest BCUT2D eigenvalue weighted by Gasteiger charge is 2.27. The van der Waals surface area contributed by atoms with Gasteiger partial charge >= 0.3 is 0 Å². The molecule has 0 aromatic heterocycles. The first-order valence-corrected chi connectivity index (χ1v) is 11.9. The van der Waals surface area contributed by atoms with Gasteiger partial charge in [-0.3, -0.25) is 19.2 Å². The summed E-state index contributed by atoms with van der Waals surface area (Å²) in [5.41, 5.74) is 2.33. The van der Waals surface area contributed by atoms with E-state index in [0.29, 0.717) is 13.0 Å². The van der Waals surface area contributed by atoms with Gasteiger partial charge in [0, 0.05) is 18.7 Å². The SMILES string of the molecule is Cc1cccc(CCCNC(=O)CN(c2ccc([N+](=O)[O-])cc2)S(=O)(=O)c2ccccc2)c1. The first kappa shape index (κ1) is 23.9. The predicted octanol–water partition coefficient (Wildman–Crippen LogP) is 3.85. The lowest BCUT2D eigenvalue weighted by Crippen LogP contribution is -2.41. The van der Waals surface area contributed by atoms with Crippen LogP contribution in [0.15, 0.2) is 83.8 Å². The fourth-order valence-electron chi connectivity index (χ4n) is 3.35. The lowest BCUT2D eigenvalue weighted by atomic mass is 10.1. The van der Waals surface area contributed by atoms with Gasteiger partial charge in [-0.1, -0.05) is 48.0 Å². The summed E-state index contributed by atoms with van der Waals surface area (Å²) in [4.78, 5) is 23.0. The summed E-state index contributed by atoms with van der Waals surface area (Å²) in [6.07, 6.45) is 1.49. The molecule has 0 saturated carbocycles. The normalized spacial score (nSPS) is 11.1. The van der Waals surface area contributed by atoms with Crippen molar-refractivity contribution >= 4 is 27.3 Å². The van der Waals surface area contributed by atoms with Crippen LogP contribution in [0.3, 0.4) is 0 Å². The van der Waals surface area contributed by atoms with E-state index in [1.807, 2.05) is 25.1 Å². The third kappa shape index (κ3) is 6.39. The molecule has 0 unspecified atom stereocenters. The zero-order valence-corrected chi connectivity index (χ0v) is 19.0. The number of nitrogens with one attached hydrogen (secondary N) is 1. The molecule has 172 valence electrons. The smallest absolute Gasteiger partial charge is 0.269 e. The van der Waals surface area contributed by atoms with Crippen LogP contribution in [0.2, 0.25) is 0 Å². The molecule has 0 saturated heterocycles. The molecule has 0 aliphatic carbocycles. The lowest BCUT2D eigenvalue weighted by Gasteiger charge is -2.24. The Labute approximate surface area is 193 Å². The molecule has 1 amide bonds. The van der Waals surface area contributed by atoms with E-state index in [2.05, 4.69) is 11.4 Å². The van der Waals surface area contributed by atoms with Gasteiger partial charge in [-0.2, -0.15) is 0 Å². The Bertz CT molecular complexity index is 1210. The summed E-state index contributed by atoms with van der Waals surface area (Å²) in [5, 5.41) is 13.7. The Morgan fingerprint density at radius 1 is 1.00 bits per heavy atom. The highest BCUT2D eigenvalue weighted by molar-refractivity contribution is 7.92. The highest BCUT2D eigenvalue weighted by atomic mass is 32.2. The van der Waals surface area contributed by atoms with Crippen LogP contribution in [0.5, 0.6) is 0 Å². The fourth-order valence-corrected chi connectivity index (χ4v) is 4.79.